The molecular weight excluding hydrogens is 1540 g/mol. The minimum absolute atomic E-state index is 0.121. The predicted octanol–water partition coefficient (Wildman–Crippen LogP) is 35.7. The average Bonchev–Trinajstić information content (AvgIpc) is 0.811. The van der Waals surface area contributed by atoms with Gasteiger partial charge in [0.2, 0.25) is 0 Å². The third-order valence-electron chi connectivity index (χ3n) is 28.7. The Labute approximate surface area is 745 Å². The van der Waals surface area contributed by atoms with E-state index in [1.165, 1.54) is 263 Å². The first-order valence-electron chi connectivity index (χ1n) is 45.0. The van der Waals surface area contributed by atoms with E-state index >= 15 is 0 Å². The predicted molar refractivity (Wildman–Crippen MR) is 550 cm³/mol. The quantitative estimate of drug-likeness (QED) is 0.0998. The van der Waals surface area contributed by atoms with Gasteiger partial charge in [-0.05, 0) is 300 Å². The van der Waals surface area contributed by atoms with E-state index in [1.807, 2.05) is 0 Å². The third-order valence-corrected chi connectivity index (χ3v) is 28.7. The molecule has 0 atom stereocenters. The first-order valence-corrected chi connectivity index (χ1v) is 45.0. The molecular formula is C128H86. The molecule has 0 aromatic heterocycles. The zero-order valence-electron chi connectivity index (χ0n) is 71.7. The molecule has 2 aliphatic rings. The molecule has 0 spiro atoms. The van der Waals surface area contributed by atoms with E-state index < -0.39 is 0 Å². The van der Waals surface area contributed by atoms with Crippen molar-refractivity contribution in [3.05, 3.63) is 471 Å². The smallest absolute Gasteiger partial charge is 0.0159 e. The lowest BCUT2D eigenvalue weighted by atomic mass is 9.79. The van der Waals surface area contributed by atoms with Gasteiger partial charge in [0.1, 0.15) is 0 Å². The standard InChI is InChI=1S/C65H44.C63H42/c1-65(2)59-27-15-14-20-49(59)50-36-34-48(40-60(50)65)64-56-26-13-10-23-53(56)62(44-31-28-42(29-32-44)46-33-30-41-16-6-7-19-45(41)38-46)57-37-35-47(39-58(57)64)63-54-24-11-8-21-51(54)61(43-17-4-3-5-18-43)52-22-9-12-25-55(52)63;1-63(2)57-31-17-16-24-46(57)47-34-32-42(38-58(47)63)61-52-29-14-15-30-53(52)62(55-36-40-20-6-7-21-43(40)44-22-8-9-23-45(44)55)54-35-33-41(37-56(54)61)60-50-27-12-10-25-48(50)59(39-18-4-3-5-19-39)49-26-11-13-28-51(49)60/h3-40H,1-2H3;3-38H,1-2H3. The molecule has 0 nitrogen and oxygen atoms in total. The largest absolute Gasteiger partial charge is 0.0622 e. The Balaban J connectivity index is 0.000000139. The van der Waals surface area contributed by atoms with Gasteiger partial charge in [-0.3, -0.25) is 0 Å². The number of benzene rings is 24. The molecule has 598 valence electrons. The molecule has 0 fully saturated rings. The topological polar surface area (TPSA) is 0 Å². The van der Waals surface area contributed by atoms with Crippen LogP contribution in [0.2, 0.25) is 0 Å². The molecule has 2 aliphatic carbocycles. The number of fused-ring (bicyclic) bond motifs is 18. The van der Waals surface area contributed by atoms with E-state index in [9.17, 15) is 0 Å². The van der Waals surface area contributed by atoms with Gasteiger partial charge in [0.05, 0.1) is 0 Å². The van der Waals surface area contributed by atoms with Gasteiger partial charge in [0.25, 0.3) is 0 Å². The molecule has 26 rings (SSSR count). The first-order chi connectivity index (χ1) is 63.1. The zero-order chi connectivity index (χ0) is 85.0. The molecule has 24 aromatic rings. The minimum Gasteiger partial charge on any atom is -0.0622 e. The summed E-state index contributed by atoms with van der Waals surface area (Å²) in [6.45, 7) is 9.55. The fraction of sp³-hybridized carbons (Fsp3) is 0.0469. The summed E-state index contributed by atoms with van der Waals surface area (Å²) in [7, 11) is 0. The molecule has 0 aliphatic heterocycles. The van der Waals surface area contributed by atoms with Crippen LogP contribution in [0, 0.1) is 0 Å². The van der Waals surface area contributed by atoms with E-state index in [0.29, 0.717) is 0 Å². The second kappa shape index (κ2) is 29.4. The van der Waals surface area contributed by atoms with Crippen molar-refractivity contribution in [1.29, 1.82) is 0 Å². The molecule has 0 unspecified atom stereocenters. The fourth-order valence-corrected chi connectivity index (χ4v) is 22.8. The van der Waals surface area contributed by atoms with Crippen LogP contribution in [-0.4, -0.2) is 0 Å². The van der Waals surface area contributed by atoms with Crippen molar-refractivity contribution in [1.82, 2.24) is 0 Å². The Morgan fingerprint density at radius 1 is 0.117 bits per heavy atom. The highest BCUT2D eigenvalue weighted by atomic mass is 14.4. The summed E-state index contributed by atoms with van der Waals surface area (Å²) in [4.78, 5) is 0. The van der Waals surface area contributed by atoms with E-state index in [4.69, 9.17) is 0 Å². The minimum atomic E-state index is -0.124. The highest BCUT2D eigenvalue weighted by Gasteiger charge is 2.38. The van der Waals surface area contributed by atoms with Gasteiger partial charge in [0.15, 0.2) is 0 Å². The molecule has 0 radical (unpaired) electrons. The van der Waals surface area contributed by atoms with Crippen molar-refractivity contribution in [3.63, 3.8) is 0 Å². The Kier molecular flexibility index (Phi) is 17.2. The van der Waals surface area contributed by atoms with Crippen LogP contribution in [0.25, 0.3) is 241 Å². The van der Waals surface area contributed by atoms with Crippen molar-refractivity contribution in [2.24, 2.45) is 0 Å². The van der Waals surface area contributed by atoms with Gasteiger partial charge < -0.3 is 0 Å². The maximum atomic E-state index is 2.52. The first kappa shape index (κ1) is 74.7. The van der Waals surface area contributed by atoms with Crippen LogP contribution in [0.15, 0.2) is 449 Å². The molecule has 128 heavy (non-hydrogen) atoms. The van der Waals surface area contributed by atoms with Gasteiger partial charge in [0, 0.05) is 10.8 Å². The molecule has 0 bridgehead atoms. The van der Waals surface area contributed by atoms with Crippen LogP contribution in [0.4, 0.5) is 0 Å². The Hall–Kier alpha value is -15.9. The summed E-state index contributed by atoms with van der Waals surface area (Å²) < 4.78 is 0. The molecule has 0 saturated carbocycles. The summed E-state index contributed by atoms with van der Waals surface area (Å²) in [6, 6.07) is 168. The average molecular weight is 1620 g/mol. The fourth-order valence-electron chi connectivity index (χ4n) is 22.8. The number of hydrogen-bond donors (Lipinski definition) is 0. The zero-order valence-corrected chi connectivity index (χ0v) is 71.7. The van der Waals surface area contributed by atoms with Gasteiger partial charge >= 0.3 is 0 Å². The van der Waals surface area contributed by atoms with Gasteiger partial charge in [-0.2, -0.15) is 0 Å². The van der Waals surface area contributed by atoms with Crippen LogP contribution in [-0.2, 0) is 10.8 Å². The molecule has 0 heterocycles. The van der Waals surface area contributed by atoms with Gasteiger partial charge in [-0.25, -0.2) is 0 Å². The monoisotopic (exact) mass is 1620 g/mol. The number of rotatable bonds is 9. The van der Waals surface area contributed by atoms with Crippen LogP contribution >= 0.6 is 0 Å². The molecule has 0 saturated heterocycles. The second-order valence-electron chi connectivity index (χ2n) is 36.2. The maximum absolute atomic E-state index is 2.52. The summed E-state index contributed by atoms with van der Waals surface area (Å²) in [5, 5.41) is 27.7. The highest BCUT2D eigenvalue weighted by Crippen LogP contribution is 2.57. The summed E-state index contributed by atoms with van der Waals surface area (Å²) in [6.07, 6.45) is 0. The SMILES string of the molecule is CC1(C)c2ccccc2-c2ccc(-c3c4ccccc4c(-c4cc5ccccc5c5ccccc45)c4ccc(-c5c6ccccc6c(-c6ccccc6)c6ccccc56)cc34)cc21.CC1(C)c2ccccc2-c2ccc(-c3c4ccccc4c(-c4ccc(-c5ccc6ccccc6c5)cc4)c4ccc(-c5c6ccccc6c(-c6ccccc6)c6ccccc56)cc34)cc21. The normalized spacial score (nSPS) is 13.0. The van der Waals surface area contributed by atoms with Crippen molar-refractivity contribution < 1.29 is 0 Å². The van der Waals surface area contributed by atoms with Crippen molar-refractivity contribution in [3.8, 4) is 122 Å². The molecule has 0 amide bonds. The van der Waals surface area contributed by atoms with Crippen LogP contribution in [0.1, 0.15) is 49.9 Å². The molecule has 0 N–H and O–H groups in total. The lowest BCUT2D eigenvalue weighted by Crippen LogP contribution is -2.14. The molecule has 24 aromatic carbocycles. The van der Waals surface area contributed by atoms with Crippen molar-refractivity contribution in [2.75, 3.05) is 0 Å². The number of hydrogen-bond acceptors (Lipinski definition) is 0. The summed E-state index contributed by atoms with van der Waals surface area (Å²) in [5.74, 6) is 0. The van der Waals surface area contributed by atoms with E-state index in [0.717, 1.165) is 0 Å². The Morgan fingerprint density at radius 2 is 0.383 bits per heavy atom. The third kappa shape index (κ3) is 11.6. The second-order valence-corrected chi connectivity index (χ2v) is 36.2. The maximum Gasteiger partial charge on any atom is 0.0159 e. The Bertz CT molecular complexity index is 8660. The summed E-state index contributed by atoms with van der Waals surface area (Å²) >= 11 is 0. The Morgan fingerprint density at radius 3 is 0.812 bits per heavy atom. The van der Waals surface area contributed by atoms with Crippen LogP contribution in [0.5, 0.6) is 0 Å². The van der Waals surface area contributed by atoms with Crippen molar-refractivity contribution >= 4 is 118 Å². The van der Waals surface area contributed by atoms with E-state index in [1.54, 1.807) is 0 Å². The lowest BCUT2D eigenvalue weighted by molar-refractivity contribution is 0.660. The van der Waals surface area contributed by atoms with E-state index in [-0.39, 0.29) is 10.8 Å². The lowest BCUT2D eigenvalue weighted by Gasteiger charge is -2.24. The summed E-state index contributed by atoms with van der Waals surface area (Å²) in [5.41, 5.74) is 33.2. The van der Waals surface area contributed by atoms with E-state index in [2.05, 4.69) is 477 Å². The highest BCUT2D eigenvalue weighted by molar-refractivity contribution is 6.30. The molecule has 0 heteroatoms. The van der Waals surface area contributed by atoms with Crippen molar-refractivity contribution in [2.45, 2.75) is 38.5 Å². The van der Waals surface area contributed by atoms with Gasteiger partial charge in [-0.1, -0.05) is 440 Å². The van der Waals surface area contributed by atoms with Crippen LogP contribution < -0.4 is 0 Å². The van der Waals surface area contributed by atoms with Gasteiger partial charge in [-0.15, -0.1) is 0 Å². The van der Waals surface area contributed by atoms with Crippen LogP contribution in [0.3, 0.4) is 0 Å².